The molecule has 1 aliphatic heterocycles. The average Bonchev–Trinajstić information content (AvgIpc) is 2.42. The zero-order chi connectivity index (χ0) is 12.5. The summed E-state index contributed by atoms with van der Waals surface area (Å²) in [5.74, 6) is -4.10. The number of aliphatic hydroxyl groups is 2. The molecule has 0 saturated carbocycles. The second-order valence-corrected chi connectivity index (χ2v) is 3.88. The summed E-state index contributed by atoms with van der Waals surface area (Å²) in [5, 5.41) is 28.7. The van der Waals surface area contributed by atoms with Gasteiger partial charge in [-0.15, -0.1) is 0 Å². The first kappa shape index (κ1) is 25.8. The summed E-state index contributed by atoms with van der Waals surface area (Å²) >= 11 is 0. The third kappa shape index (κ3) is 7.62. The van der Waals surface area contributed by atoms with Crippen molar-refractivity contribution in [3.63, 3.8) is 0 Å². The summed E-state index contributed by atoms with van der Waals surface area (Å²) in [4.78, 5) is 31.3. The van der Waals surface area contributed by atoms with Gasteiger partial charge in [0.1, 0.15) is 20.0 Å². The normalized spacial score (nSPS) is 19.6. The van der Waals surface area contributed by atoms with E-state index >= 15 is 0 Å². The molecule has 0 bridgehead atoms. The Kier molecular flexibility index (Phi) is 14.4. The quantitative estimate of drug-likeness (QED) is 0.290. The fraction of sp³-hybridized carbons (Fsp3) is 0.500. The molecular weight excluding hydrogens is 316 g/mol. The Labute approximate surface area is 174 Å². The molecule has 1 heterocycles. The van der Waals surface area contributed by atoms with Crippen LogP contribution in [0.1, 0.15) is 0 Å². The van der Waals surface area contributed by atoms with Gasteiger partial charge < -0.3 is 38.9 Å². The van der Waals surface area contributed by atoms with Crippen LogP contribution in [0.15, 0.2) is 11.5 Å². The van der Waals surface area contributed by atoms with Crippen LogP contribution in [0.4, 0.5) is 0 Å². The van der Waals surface area contributed by atoms with Crippen LogP contribution in [0.25, 0.3) is 0 Å². The molecule has 13 heteroatoms. The minimum Gasteiger partial charge on any atom is -0.870 e. The van der Waals surface area contributed by atoms with Crippen LogP contribution < -0.4 is 104 Å². The molecule has 2 N–H and O–H groups in total. The maximum atomic E-state index is 11.2. The standard InChI is InChI=1S/C6H9O9P.3Na/c7-1-2(8)4-3(9)5(6(10)14-4)15-16(11,12)13;;;/h2,4,7-9H,1H2,(H2,11,12,13);;;/q;3*+1/p-3/t2-,4?;;;/m0.../s1. The zero-order valence-corrected chi connectivity index (χ0v) is 17.5. The Balaban J connectivity index is -0.000000853. The minimum atomic E-state index is -5.56. The molecule has 92 valence electrons. The van der Waals surface area contributed by atoms with E-state index in [-0.39, 0.29) is 88.7 Å². The van der Waals surface area contributed by atoms with Crippen molar-refractivity contribution >= 4 is 13.8 Å². The number of rotatable bonds is 4. The number of phosphoric ester groups is 1. The number of aliphatic hydroxyl groups excluding tert-OH is 2. The molecule has 1 rings (SSSR count). The molecular formula is C6H6Na3O9P. The van der Waals surface area contributed by atoms with E-state index in [9.17, 15) is 24.3 Å². The molecule has 0 aromatic heterocycles. The summed E-state index contributed by atoms with van der Waals surface area (Å²) in [7, 11) is -5.56. The van der Waals surface area contributed by atoms with Crippen molar-refractivity contribution < 1.29 is 132 Å². The molecule has 0 aliphatic carbocycles. The second kappa shape index (κ2) is 10.6. The topological polar surface area (TPSA) is 162 Å². The zero-order valence-electron chi connectivity index (χ0n) is 10.6. The number of esters is 1. The first-order valence-corrected chi connectivity index (χ1v) is 5.35. The molecule has 2 atom stereocenters. The van der Waals surface area contributed by atoms with Crippen LogP contribution in [0.5, 0.6) is 0 Å². The first-order valence-electron chi connectivity index (χ1n) is 3.89. The smallest absolute Gasteiger partial charge is 0.870 e. The Bertz CT molecular complexity index is 380. The summed E-state index contributed by atoms with van der Waals surface area (Å²) in [6.07, 6.45) is -3.48. The molecule has 0 saturated heterocycles. The molecule has 0 fully saturated rings. The Morgan fingerprint density at radius 3 is 2.21 bits per heavy atom. The molecule has 0 aromatic carbocycles. The van der Waals surface area contributed by atoms with E-state index in [0.29, 0.717) is 0 Å². The van der Waals surface area contributed by atoms with E-state index in [0.717, 1.165) is 0 Å². The van der Waals surface area contributed by atoms with Crippen molar-refractivity contribution in [2.75, 3.05) is 6.61 Å². The van der Waals surface area contributed by atoms with Gasteiger partial charge in [0.2, 0.25) is 5.76 Å². The Morgan fingerprint density at radius 2 is 1.84 bits per heavy atom. The second-order valence-electron chi connectivity index (χ2n) is 2.81. The third-order valence-corrected chi connectivity index (χ3v) is 2.05. The predicted octanol–water partition coefficient (Wildman–Crippen LogP) is -13.3. The summed E-state index contributed by atoms with van der Waals surface area (Å²) in [6.45, 7) is -0.886. The van der Waals surface area contributed by atoms with Crippen LogP contribution in [0.2, 0.25) is 0 Å². The first-order chi connectivity index (χ1) is 7.26. The van der Waals surface area contributed by atoms with E-state index in [2.05, 4.69) is 9.26 Å². The van der Waals surface area contributed by atoms with Gasteiger partial charge in [-0.1, -0.05) is 0 Å². The Hall–Kier alpha value is 1.88. The van der Waals surface area contributed by atoms with Crippen molar-refractivity contribution in [2.24, 2.45) is 0 Å². The van der Waals surface area contributed by atoms with Gasteiger partial charge >= 0.3 is 94.6 Å². The number of cyclic esters (lactones) is 1. The SMILES string of the molecule is O=C1OC([C@@H](O)CO)C([O-])=C1OP(=O)([O-])[O-].[Na+].[Na+].[Na+]. The van der Waals surface area contributed by atoms with E-state index in [1.165, 1.54) is 0 Å². The van der Waals surface area contributed by atoms with E-state index in [4.69, 9.17) is 10.2 Å². The van der Waals surface area contributed by atoms with Crippen molar-refractivity contribution in [3.8, 4) is 0 Å². The van der Waals surface area contributed by atoms with Crippen molar-refractivity contribution in [1.29, 1.82) is 0 Å². The molecule has 1 unspecified atom stereocenters. The van der Waals surface area contributed by atoms with E-state index in [1.807, 2.05) is 0 Å². The van der Waals surface area contributed by atoms with Crippen LogP contribution in [-0.2, 0) is 18.6 Å². The molecule has 0 spiro atoms. The molecule has 9 nitrogen and oxygen atoms in total. The number of carbonyl (C=O) groups excluding carboxylic acids is 1. The number of hydrogen-bond donors (Lipinski definition) is 2. The summed E-state index contributed by atoms with van der Waals surface area (Å²) in [6, 6.07) is 0. The number of phosphoric acid groups is 1. The fourth-order valence-corrected chi connectivity index (χ4v) is 1.38. The van der Waals surface area contributed by atoms with Gasteiger partial charge in [0.15, 0.2) is 0 Å². The average molecular weight is 322 g/mol. The Morgan fingerprint density at radius 1 is 1.37 bits per heavy atom. The summed E-state index contributed by atoms with van der Waals surface area (Å²) < 4.78 is 18.0. The van der Waals surface area contributed by atoms with Gasteiger partial charge in [-0.2, -0.15) is 0 Å². The summed E-state index contributed by atoms with van der Waals surface area (Å²) in [5.41, 5.74) is 0. The maximum absolute atomic E-state index is 11.2. The van der Waals surface area contributed by atoms with Crippen molar-refractivity contribution in [2.45, 2.75) is 12.2 Å². The minimum absolute atomic E-state index is 0. The van der Waals surface area contributed by atoms with Crippen LogP contribution in [-0.4, -0.2) is 35.0 Å². The third-order valence-electron chi connectivity index (χ3n) is 1.64. The predicted molar refractivity (Wildman–Crippen MR) is 38.7 cm³/mol. The van der Waals surface area contributed by atoms with Gasteiger partial charge in [-0.25, -0.2) is 4.79 Å². The van der Waals surface area contributed by atoms with Crippen molar-refractivity contribution in [3.05, 3.63) is 11.5 Å². The number of carbonyl (C=O) groups is 1. The van der Waals surface area contributed by atoms with E-state index in [1.54, 1.807) is 0 Å². The van der Waals surface area contributed by atoms with Gasteiger partial charge in [-0.3, -0.25) is 0 Å². The van der Waals surface area contributed by atoms with Gasteiger partial charge in [0, 0.05) is 0 Å². The fourth-order valence-electron chi connectivity index (χ4n) is 0.995. The number of hydrogen-bond acceptors (Lipinski definition) is 9. The van der Waals surface area contributed by atoms with Crippen molar-refractivity contribution in [1.82, 2.24) is 0 Å². The van der Waals surface area contributed by atoms with Crippen LogP contribution >= 0.6 is 7.82 Å². The monoisotopic (exact) mass is 322 g/mol. The van der Waals surface area contributed by atoms with E-state index < -0.39 is 44.1 Å². The molecule has 0 radical (unpaired) electrons. The van der Waals surface area contributed by atoms with Crippen LogP contribution in [0, 0.1) is 0 Å². The molecule has 0 aromatic rings. The molecule has 19 heavy (non-hydrogen) atoms. The van der Waals surface area contributed by atoms with Gasteiger partial charge in [0.25, 0.3) is 0 Å². The van der Waals surface area contributed by atoms with Gasteiger partial charge in [0.05, 0.1) is 6.61 Å². The molecule has 0 amide bonds. The maximum Gasteiger partial charge on any atom is 1.00 e. The largest absolute Gasteiger partial charge is 1.00 e. The van der Waals surface area contributed by atoms with Crippen LogP contribution in [0.3, 0.4) is 0 Å². The number of ether oxygens (including phenoxy) is 1. The molecule has 1 aliphatic rings. The van der Waals surface area contributed by atoms with Gasteiger partial charge in [-0.05, 0) is 5.76 Å².